The summed E-state index contributed by atoms with van der Waals surface area (Å²) in [5.74, 6) is -1.17. The van der Waals surface area contributed by atoms with E-state index in [4.69, 9.17) is 33.7 Å². The van der Waals surface area contributed by atoms with Crippen LogP contribution in [0.4, 0.5) is 13.2 Å². The zero-order valence-electron chi connectivity index (χ0n) is 20.7. The molecular formula is C28H26Cl2F3N3O3. The largest absolute Gasteiger partial charge is 0.434 e. The SMILES string of the molecule is NC1OCCN1Cc1cc(C(=O)N[C@H](c2ccc(Cl)c(Cl)c2)C2CC2)cc(-c2ccc(F)cc2OC(F)F)c1. The summed E-state index contributed by atoms with van der Waals surface area (Å²) >= 11 is 12.3. The summed E-state index contributed by atoms with van der Waals surface area (Å²) in [5.41, 5.74) is 8.49. The van der Waals surface area contributed by atoms with Crippen molar-refractivity contribution in [3.05, 3.63) is 87.2 Å². The van der Waals surface area contributed by atoms with Crippen molar-refractivity contribution in [1.29, 1.82) is 0 Å². The van der Waals surface area contributed by atoms with Crippen LogP contribution in [0.5, 0.6) is 5.75 Å². The van der Waals surface area contributed by atoms with E-state index in [0.717, 1.165) is 30.5 Å². The third-order valence-electron chi connectivity index (χ3n) is 6.82. The molecule has 3 aromatic carbocycles. The molecule has 1 saturated carbocycles. The molecule has 0 radical (unpaired) electrons. The van der Waals surface area contributed by atoms with Crippen molar-refractivity contribution in [2.75, 3.05) is 13.2 Å². The lowest BCUT2D eigenvalue weighted by atomic mass is 9.97. The molecule has 6 nitrogen and oxygen atoms in total. The molecule has 2 fully saturated rings. The van der Waals surface area contributed by atoms with Gasteiger partial charge in [-0.1, -0.05) is 29.3 Å². The number of benzene rings is 3. The normalized spacial score (nSPS) is 18.4. The minimum atomic E-state index is -3.15. The molecule has 2 aliphatic rings. The van der Waals surface area contributed by atoms with E-state index >= 15 is 0 Å². The standard InChI is InChI=1S/C28H26Cl2F3N3O3/c29-22-6-3-17(12-23(22)30)25(16-1-2-16)35-26(37)19-10-15(14-36-7-8-38-28(36)34)9-18(11-19)21-5-4-20(31)13-24(21)39-27(32)33/h3-6,9-13,16,25,27-28H,1-2,7-8,14,34H2,(H,35,37)/t25-,28?/m0/s1. The number of alkyl halides is 2. The smallest absolute Gasteiger partial charge is 0.387 e. The summed E-state index contributed by atoms with van der Waals surface area (Å²) in [5, 5.41) is 3.92. The Kier molecular flexibility index (Phi) is 8.35. The molecule has 11 heteroatoms. The fourth-order valence-electron chi connectivity index (χ4n) is 4.76. The number of hydrogen-bond donors (Lipinski definition) is 2. The van der Waals surface area contributed by atoms with E-state index in [1.54, 1.807) is 30.3 Å². The number of nitrogens with zero attached hydrogens (tertiary/aromatic N) is 1. The van der Waals surface area contributed by atoms with Gasteiger partial charge in [0.15, 0.2) is 6.35 Å². The average Bonchev–Trinajstić information content (AvgIpc) is 3.65. The lowest BCUT2D eigenvalue weighted by Crippen LogP contribution is -2.37. The van der Waals surface area contributed by atoms with Crippen LogP contribution in [0.2, 0.25) is 10.0 Å². The fraction of sp³-hybridized carbons (Fsp3) is 0.321. The average molecular weight is 580 g/mol. The highest BCUT2D eigenvalue weighted by Gasteiger charge is 2.34. The summed E-state index contributed by atoms with van der Waals surface area (Å²) in [6.07, 6.45) is 1.30. The summed E-state index contributed by atoms with van der Waals surface area (Å²) < 4.78 is 50.2. The van der Waals surface area contributed by atoms with Crippen LogP contribution in [-0.2, 0) is 11.3 Å². The van der Waals surface area contributed by atoms with Gasteiger partial charge in [0.2, 0.25) is 0 Å². The van der Waals surface area contributed by atoms with Crippen LogP contribution in [0.3, 0.4) is 0 Å². The third kappa shape index (κ3) is 6.67. The maximum Gasteiger partial charge on any atom is 0.387 e. The molecule has 1 aliphatic heterocycles. The monoisotopic (exact) mass is 579 g/mol. The topological polar surface area (TPSA) is 76.8 Å². The van der Waals surface area contributed by atoms with E-state index in [-0.39, 0.29) is 29.2 Å². The number of ether oxygens (including phenoxy) is 2. The van der Waals surface area contributed by atoms with Gasteiger partial charge >= 0.3 is 6.61 Å². The van der Waals surface area contributed by atoms with Crippen molar-refractivity contribution in [3.63, 3.8) is 0 Å². The van der Waals surface area contributed by atoms with E-state index in [1.165, 1.54) is 6.07 Å². The van der Waals surface area contributed by atoms with Gasteiger partial charge < -0.3 is 14.8 Å². The predicted octanol–water partition coefficient (Wildman–Crippen LogP) is 6.36. The minimum Gasteiger partial charge on any atom is -0.434 e. The number of halogens is 5. The molecule has 0 aromatic heterocycles. The molecule has 3 N–H and O–H groups in total. The van der Waals surface area contributed by atoms with Gasteiger partial charge in [-0.25, -0.2) is 4.39 Å². The number of hydrogen-bond acceptors (Lipinski definition) is 5. The fourth-order valence-corrected chi connectivity index (χ4v) is 5.06. The van der Waals surface area contributed by atoms with E-state index in [2.05, 4.69) is 10.1 Å². The Morgan fingerprint density at radius 1 is 1.10 bits per heavy atom. The highest BCUT2D eigenvalue weighted by atomic mass is 35.5. The highest BCUT2D eigenvalue weighted by Crippen LogP contribution is 2.42. The number of nitrogens with two attached hydrogens (primary N) is 1. The molecule has 3 aromatic rings. The number of rotatable bonds is 9. The molecule has 1 amide bonds. The van der Waals surface area contributed by atoms with Gasteiger partial charge in [-0.2, -0.15) is 8.78 Å². The molecule has 0 bridgehead atoms. The van der Waals surface area contributed by atoms with E-state index in [9.17, 15) is 18.0 Å². The number of amides is 1. The molecule has 39 heavy (non-hydrogen) atoms. The van der Waals surface area contributed by atoms with Crippen molar-refractivity contribution in [2.24, 2.45) is 11.7 Å². The van der Waals surface area contributed by atoms with Gasteiger partial charge in [-0.05, 0) is 77.9 Å². The Hall–Kier alpha value is -2.82. The summed E-state index contributed by atoms with van der Waals surface area (Å²) in [6.45, 7) is -1.75. The van der Waals surface area contributed by atoms with Crippen LogP contribution in [0.1, 0.15) is 40.4 Å². The second-order valence-electron chi connectivity index (χ2n) is 9.63. The lowest BCUT2D eigenvalue weighted by molar-refractivity contribution is -0.0496. The molecule has 0 spiro atoms. The van der Waals surface area contributed by atoms with E-state index in [1.807, 2.05) is 11.0 Å². The Labute approximate surface area is 233 Å². The molecule has 5 rings (SSSR count). The van der Waals surface area contributed by atoms with Gasteiger partial charge in [-0.15, -0.1) is 0 Å². The quantitative estimate of drug-likeness (QED) is 0.308. The molecule has 1 saturated heterocycles. The van der Waals surface area contributed by atoms with E-state index in [0.29, 0.717) is 46.4 Å². The van der Waals surface area contributed by atoms with Crippen LogP contribution in [0.15, 0.2) is 54.6 Å². The molecule has 1 heterocycles. The lowest BCUT2D eigenvalue weighted by Gasteiger charge is -2.22. The maximum absolute atomic E-state index is 13.9. The number of nitrogens with one attached hydrogen (secondary N) is 1. The Bertz CT molecular complexity index is 1370. The number of carbonyl (C=O) groups is 1. The van der Waals surface area contributed by atoms with Crippen LogP contribution in [-0.4, -0.2) is 36.9 Å². The van der Waals surface area contributed by atoms with Gasteiger partial charge in [0, 0.05) is 30.3 Å². The van der Waals surface area contributed by atoms with Crippen LogP contribution < -0.4 is 15.8 Å². The number of carbonyl (C=O) groups excluding carboxylic acids is 1. The second-order valence-corrected chi connectivity index (χ2v) is 10.4. The van der Waals surface area contributed by atoms with Gasteiger partial charge in [0.25, 0.3) is 5.91 Å². The Morgan fingerprint density at radius 2 is 1.90 bits per heavy atom. The Balaban J connectivity index is 1.51. The van der Waals surface area contributed by atoms with Crippen molar-refractivity contribution < 1.29 is 27.4 Å². The minimum absolute atomic E-state index is 0.220. The summed E-state index contributed by atoms with van der Waals surface area (Å²) in [4.78, 5) is 15.5. The van der Waals surface area contributed by atoms with E-state index < -0.39 is 18.8 Å². The molecular weight excluding hydrogens is 554 g/mol. The molecule has 2 atom stereocenters. The third-order valence-corrected chi connectivity index (χ3v) is 7.56. The highest BCUT2D eigenvalue weighted by molar-refractivity contribution is 6.42. The molecule has 1 aliphatic carbocycles. The first-order valence-corrected chi connectivity index (χ1v) is 13.2. The van der Waals surface area contributed by atoms with Gasteiger partial charge in [-0.3, -0.25) is 15.4 Å². The van der Waals surface area contributed by atoms with Crippen LogP contribution >= 0.6 is 23.2 Å². The zero-order valence-corrected chi connectivity index (χ0v) is 22.2. The van der Waals surface area contributed by atoms with Crippen LogP contribution in [0.25, 0.3) is 11.1 Å². The zero-order chi connectivity index (χ0) is 27.7. The van der Waals surface area contributed by atoms with Gasteiger partial charge in [0.05, 0.1) is 22.7 Å². The maximum atomic E-state index is 13.9. The van der Waals surface area contributed by atoms with Crippen molar-refractivity contribution in [2.45, 2.75) is 38.4 Å². The second kappa shape index (κ2) is 11.7. The van der Waals surface area contributed by atoms with Gasteiger partial charge in [0.1, 0.15) is 11.6 Å². The van der Waals surface area contributed by atoms with Crippen molar-refractivity contribution in [1.82, 2.24) is 10.2 Å². The first-order chi connectivity index (χ1) is 18.7. The van der Waals surface area contributed by atoms with Crippen molar-refractivity contribution >= 4 is 29.1 Å². The summed E-state index contributed by atoms with van der Waals surface area (Å²) in [7, 11) is 0. The first kappa shape index (κ1) is 27.7. The van der Waals surface area contributed by atoms with Crippen molar-refractivity contribution in [3.8, 4) is 16.9 Å². The molecule has 206 valence electrons. The summed E-state index contributed by atoms with van der Waals surface area (Å²) in [6, 6.07) is 13.4. The predicted molar refractivity (Wildman–Crippen MR) is 142 cm³/mol. The first-order valence-electron chi connectivity index (χ1n) is 12.4. The Morgan fingerprint density at radius 3 is 2.56 bits per heavy atom. The molecule has 1 unspecified atom stereocenters. The van der Waals surface area contributed by atoms with Crippen LogP contribution in [0, 0.1) is 11.7 Å².